The minimum absolute atomic E-state index is 0.122. The highest BCUT2D eigenvalue weighted by Gasteiger charge is 2.48. The normalized spacial score (nSPS) is 30.0. The van der Waals surface area contributed by atoms with Crippen LogP contribution in [-0.4, -0.2) is 111 Å². The van der Waals surface area contributed by atoms with Crippen LogP contribution in [0.3, 0.4) is 0 Å². The van der Waals surface area contributed by atoms with Crippen molar-refractivity contribution in [3.8, 4) is 40.1 Å². The van der Waals surface area contributed by atoms with Crippen molar-refractivity contribution in [2.75, 3.05) is 7.11 Å². The van der Waals surface area contributed by atoms with Crippen LogP contribution in [0.15, 0.2) is 39.5 Å². The lowest BCUT2D eigenvalue weighted by Gasteiger charge is -2.40. The summed E-state index contributed by atoms with van der Waals surface area (Å²) in [7, 11) is 1.15. The predicted octanol–water partition coefficient (Wildman–Crippen LogP) is 0.434. The first-order valence-corrected chi connectivity index (χ1v) is 15.0. The van der Waals surface area contributed by atoms with Crippen molar-refractivity contribution >= 4 is 22.9 Å². The minimum atomic E-state index is -1.80. The number of methoxy groups -OCH3 is 1. The van der Waals surface area contributed by atoms with Gasteiger partial charge in [-0.3, -0.25) is 14.4 Å². The first-order chi connectivity index (χ1) is 23.1. The first kappa shape index (κ1) is 35.7. The van der Waals surface area contributed by atoms with E-state index in [4.69, 9.17) is 37.6 Å². The molecule has 49 heavy (non-hydrogen) atoms. The number of carbonyl (C=O) groups is 2. The third-order valence-corrected chi connectivity index (χ3v) is 8.01. The van der Waals surface area contributed by atoms with Crippen molar-refractivity contribution in [2.24, 2.45) is 0 Å². The number of ether oxygens (including phenoxy) is 7. The van der Waals surface area contributed by atoms with E-state index in [1.807, 2.05) is 0 Å². The highest BCUT2D eigenvalue weighted by molar-refractivity contribution is 5.91. The van der Waals surface area contributed by atoms with E-state index in [9.17, 15) is 45.0 Å². The average molecular weight is 693 g/mol. The SMILES string of the molecule is COc1c(O[C@@H]2O[C@@H](C)[C@H](O)[C@@H](OC(C)=O)[C@H]2O)cc2oc(-c3ccc(O)cc3)c(O[C@@H]3O[C@@H](C)[C@H](O)[C@@H](OC(C)=O)[C@H]3O)c(=O)c2c1O. The van der Waals surface area contributed by atoms with E-state index in [0.717, 1.165) is 27.0 Å². The Kier molecular flexibility index (Phi) is 10.2. The van der Waals surface area contributed by atoms with E-state index in [-0.39, 0.29) is 28.4 Å². The lowest BCUT2D eigenvalue weighted by Crippen LogP contribution is -2.59. The number of hydrogen-bond donors (Lipinski definition) is 6. The van der Waals surface area contributed by atoms with E-state index in [1.54, 1.807) is 0 Å². The molecule has 6 N–H and O–H groups in total. The molecule has 17 heteroatoms. The number of fused-ring (bicyclic) bond motifs is 1. The fraction of sp³-hybridized carbons (Fsp3) is 0.469. The van der Waals surface area contributed by atoms with Gasteiger partial charge in [0.1, 0.15) is 28.9 Å². The zero-order chi connectivity index (χ0) is 35.9. The second-order valence-electron chi connectivity index (χ2n) is 11.5. The summed E-state index contributed by atoms with van der Waals surface area (Å²) in [5.74, 6) is -4.08. The van der Waals surface area contributed by atoms with Crippen LogP contribution in [0.4, 0.5) is 0 Å². The van der Waals surface area contributed by atoms with Gasteiger partial charge in [-0.2, -0.15) is 0 Å². The van der Waals surface area contributed by atoms with Crippen LogP contribution in [0.5, 0.6) is 28.7 Å². The van der Waals surface area contributed by atoms with Crippen molar-refractivity contribution in [2.45, 2.75) is 89.1 Å². The molecule has 2 aromatic carbocycles. The molecule has 3 heterocycles. The molecule has 0 amide bonds. The van der Waals surface area contributed by atoms with Gasteiger partial charge in [-0.15, -0.1) is 0 Å². The lowest BCUT2D eigenvalue weighted by molar-refractivity contribution is -0.272. The number of benzene rings is 2. The average Bonchev–Trinajstić information content (AvgIpc) is 3.04. The summed E-state index contributed by atoms with van der Waals surface area (Å²) >= 11 is 0. The highest BCUT2D eigenvalue weighted by atomic mass is 16.7. The zero-order valence-electron chi connectivity index (χ0n) is 26.8. The maximum atomic E-state index is 14.1. The van der Waals surface area contributed by atoms with E-state index in [1.165, 1.54) is 38.1 Å². The second kappa shape index (κ2) is 14.1. The summed E-state index contributed by atoms with van der Waals surface area (Å²) in [4.78, 5) is 37.5. The third-order valence-electron chi connectivity index (χ3n) is 8.01. The Bertz CT molecular complexity index is 1750. The van der Waals surface area contributed by atoms with Crippen LogP contribution in [0.2, 0.25) is 0 Å². The minimum Gasteiger partial charge on any atom is -0.508 e. The molecule has 0 saturated carbocycles. The van der Waals surface area contributed by atoms with Crippen molar-refractivity contribution in [1.29, 1.82) is 0 Å². The van der Waals surface area contributed by atoms with Gasteiger partial charge in [-0.1, -0.05) is 0 Å². The predicted molar refractivity (Wildman–Crippen MR) is 163 cm³/mol. The first-order valence-electron chi connectivity index (χ1n) is 15.0. The Morgan fingerprint density at radius 1 is 0.755 bits per heavy atom. The largest absolute Gasteiger partial charge is 0.508 e. The van der Waals surface area contributed by atoms with E-state index < -0.39 is 101 Å². The van der Waals surface area contributed by atoms with Crippen LogP contribution in [0.1, 0.15) is 27.7 Å². The van der Waals surface area contributed by atoms with Crippen LogP contribution in [-0.2, 0) is 28.5 Å². The summed E-state index contributed by atoms with van der Waals surface area (Å²) in [5.41, 5.74) is -1.11. The quantitative estimate of drug-likeness (QED) is 0.175. The molecule has 2 aliphatic rings. The van der Waals surface area contributed by atoms with Gasteiger partial charge in [0.25, 0.3) is 0 Å². The van der Waals surface area contributed by atoms with Gasteiger partial charge < -0.3 is 68.2 Å². The summed E-state index contributed by atoms with van der Waals surface area (Å²) in [6.07, 6.45) is -14.6. The molecule has 0 bridgehead atoms. The van der Waals surface area contributed by atoms with Crippen molar-refractivity contribution in [3.05, 3.63) is 40.6 Å². The van der Waals surface area contributed by atoms with Gasteiger partial charge in [-0.05, 0) is 38.1 Å². The molecule has 0 radical (unpaired) electrons. The molecule has 5 rings (SSSR count). The van der Waals surface area contributed by atoms with Crippen LogP contribution < -0.4 is 19.6 Å². The van der Waals surface area contributed by atoms with E-state index in [0.29, 0.717) is 0 Å². The molecular formula is C32H36O17. The van der Waals surface area contributed by atoms with Crippen molar-refractivity contribution < 1.29 is 77.8 Å². The van der Waals surface area contributed by atoms with Gasteiger partial charge in [0, 0.05) is 25.5 Å². The molecule has 1 aromatic heterocycles. The Morgan fingerprint density at radius 3 is 1.76 bits per heavy atom. The summed E-state index contributed by atoms with van der Waals surface area (Å²) < 4.78 is 44.5. The number of aliphatic hydroxyl groups excluding tert-OH is 4. The maximum absolute atomic E-state index is 14.1. The van der Waals surface area contributed by atoms with Crippen LogP contribution >= 0.6 is 0 Å². The van der Waals surface area contributed by atoms with Gasteiger partial charge in [0.2, 0.25) is 29.5 Å². The summed E-state index contributed by atoms with van der Waals surface area (Å²) in [6.45, 7) is 5.04. The second-order valence-corrected chi connectivity index (χ2v) is 11.5. The molecule has 2 aliphatic heterocycles. The molecule has 0 aliphatic carbocycles. The fourth-order valence-corrected chi connectivity index (χ4v) is 5.56. The molecule has 2 saturated heterocycles. The molecule has 0 unspecified atom stereocenters. The Hall–Kier alpha value is -4.65. The monoisotopic (exact) mass is 692 g/mol. The molecule has 266 valence electrons. The third kappa shape index (κ3) is 6.94. The number of phenolic OH excluding ortho intramolecular Hbond substituents is 2. The smallest absolute Gasteiger partial charge is 0.303 e. The van der Waals surface area contributed by atoms with Crippen molar-refractivity contribution in [3.63, 3.8) is 0 Å². The number of esters is 2. The number of aliphatic hydroxyl groups is 4. The van der Waals surface area contributed by atoms with Crippen LogP contribution in [0.25, 0.3) is 22.3 Å². The number of rotatable bonds is 8. The van der Waals surface area contributed by atoms with Gasteiger partial charge in [-0.25, -0.2) is 0 Å². The summed E-state index contributed by atoms with van der Waals surface area (Å²) in [6, 6.07) is 6.50. The topological polar surface area (TPSA) is 250 Å². The lowest BCUT2D eigenvalue weighted by atomic mass is 9.99. The molecular weight excluding hydrogens is 656 g/mol. The standard InChI is InChI=1S/C32H36O17/c1-11-20(36)28(45-13(3)33)24(40)31(43-11)48-18-10-17-19(22(38)27(18)42-5)23(39)30(26(47-17)15-6-8-16(35)9-7-15)49-32-25(41)29(46-14(4)34)21(37)12(2)44-32/h6-12,20-21,24-25,28-29,31-32,35-38,40-41H,1-5H3/t11-,12-,20-,21-,24+,25+,28+,29+,31-,32-/m0/s1. The molecule has 3 aromatic rings. The van der Waals surface area contributed by atoms with Gasteiger partial charge in [0.15, 0.2) is 41.7 Å². The number of carbonyl (C=O) groups excluding carboxylic acids is 2. The Balaban J connectivity index is 1.62. The molecule has 10 atom stereocenters. The summed E-state index contributed by atoms with van der Waals surface area (Å²) in [5, 5.41) is 63.5. The Labute approximate surface area is 277 Å². The van der Waals surface area contributed by atoms with E-state index in [2.05, 4.69) is 0 Å². The van der Waals surface area contributed by atoms with Gasteiger partial charge >= 0.3 is 11.9 Å². The fourth-order valence-electron chi connectivity index (χ4n) is 5.56. The molecule has 0 spiro atoms. The Morgan fingerprint density at radius 2 is 1.27 bits per heavy atom. The number of hydrogen-bond acceptors (Lipinski definition) is 17. The number of aromatic hydroxyl groups is 2. The number of phenols is 2. The van der Waals surface area contributed by atoms with Gasteiger partial charge in [0.05, 0.1) is 19.3 Å². The zero-order valence-corrected chi connectivity index (χ0v) is 26.8. The van der Waals surface area contributed by atoms with Crippen molar-refractivity contribution in [1.82, 2.24) is 0 Å². The van der Waals surface area contributed by atoms with Crippen LogP contribution in [0, 0.1) is 0 Å². The molecule has 2 fully saturated rings. The van der Waals surface area contributed by atoms with E-state index >= 15 is 0 Å². The maximum Gasteiger partial charge on any atom is 0.303 e. The highest BCUT2D eigenvalue weighted by Crippen LogP contribution is 2.45. The molecule has 17 nitrogen and oxygen atoms in total.